The fourth-order valence-corrected chi connectivity index (χ4v) is 5.93. The van der Waals surface area contributed by atoms with Crippen molar-refractivity contribution in [2.75, 3.05) is 7.11 Å². The largest absolute Gasteiger partial charge is 0.497 e. The molecule has 32 heavy (non-hydrogen) atoms. The molecule has 0 aliphatic rings. The van der Waals surface area contributed by atoms with Crippen molar-refractivity contribution < 1.29 is 13.2 Å². The maximum absolute atomic E-state index is 13.8. The van der Waals surface area contributed by atoms with Gasteiger partial charge in [-0.3, -0.25) is 0 Å². The second kappa shape index (κ2) is 7.57. The molecule has 0 amide bonds. The van der Waals surface area contributed by atoms with Crippen molar-refractivity contribution in [2.24, 2.45) is 0 Å². The summed E-state index contributed by atoms with van der Waals surface area (Å²) in [7, 11) is -2.14. The average molecular weight is 445 g/mol. The van der Waals surface area contributed by atoms with Crippen LogP contribution < -0.4 is 4.74 Å². The van der Waals surface area contributed by atoms with Gasteiger partial charge < -0.3 is 9.72 Å². The van der Waals surface area contributed by atoms with E-state index in [0.29, 0.717) is 11.9 Å². The first-order valence-electron chi connectivity index (χ1n) is 10.5. The molecular formula is C26H24N2O3S. The number of aromatic amines is 1. The van der Waals surface area contributed by atoms with Crippen LogP contribution in [0, 0.1) is 13.8 Å². The van der Waals surface area contributed by atoms with Crippen LogP contribution in [0.3, 0.4) is 0 Å². The zero-order valence-electron chi connectivity index (χ0n) is 18.2. The van der Waals surface area contributed by atoms with Crippen LogP contribution in [0.25, 0.3) is 21.8 Å². The van der Waals surface area contributed by atoms with Gasteiger partial charge in [-0.2, -0.15) is 0 Å². The Kier molecular flexibility index (Phi) is 4.82. The van der Waals surface area contributed by atoms with Gasteiger partial charge in [0.2, 0.25) is 0 Å². The summed E-state index contributed by atoms with van der Waals surface area (Å²) in [4.78, 5) is 3.58. The molecule has 6 heteroatoms. The molecule has 2 heterocycles. The Morgan fingerprint density at radius 2 is 1.69 bits per heavy atom. The van der Waals surface area contributed by atoms with Gasteiger partial charge in [-0.25, -0.2) is 12.4 Å². The van der Waals surface area contributed by atoms with Crippen LogP contribution in [0.15, 0.2) is 77.8 Å². The Bertz CT molecular complexity index is 1560. The van der Waals surface area contributed by atoms with Crippen LogP contribution in [-0.4, -0.2) is 24.5 Å². The topological polar surface area (TPSA) is 64.1 Å². The maximum Gasteiger partial charge on any atom is 0.268 e. The van der Waals surface area contributed by atoms with Crippen molar-refractivity contribution in [3.63, 3.8) is 0 Å². The number of methoxy groups -OCH3 is 1. The van der Waals surface area contributed by atoms with Gasteiger partial charge in [0.1, 0.15) is 5.75 Å². The van der Waals surface area contributed by atoms with Crippen LogP contribution in [0.2, 0.25) is 0 Å². The summed E-state index contributed by atoms with van der Waals surface area (Å²) in [6, 6.07) is 20.6. The lowest BCUT2D eigenvalue weighted by atomic mass is 10.0. The van der Waals surface area contributed by atoms with Crippen molar-refractivity contribution in [2.45, 2.75) is 25.2 Å². The van der Waals surface area contributed by atoms with Crippen molar-refractivity contribution >= 4 is 31.8 Å². The van der Waals surface area contributed by atoms with Gasteiger partial charge in [-0.15, -0.1) is 0 Å². The number of benzene rings is 3. The Labute approximate surface area is 187 Å². The van der Waals surface area contributed by atoms with E-state index < -0.39 is 10.0 Å². The number of rotatable bonds is 5. The van der Waals surface area contributed by atoms with E-state index in [1.54, 1.807) is 19.2 Å². The SMILES string of the molecule is COc1ccc2[nH]cc(Cc3c(C)c4ccccc4n3S(=O)(=O)c3ccc(C)cc3)c2c1. The van der Waals surface area contributed by atoms with Gasteiger partial charge in [0.05, 0.1) is 17.5 Å². The summed E-state index contributed by atoms with van der Waals surface area (Å²) in [6.07, 6.45) is 2.42. The summed E-state index contributed by atoms with van der Waals surface area (Å²) >= 11 is 0. The van der Waals surface area contributed by atoms with E-state index in [1.165, 1.54) is 3.97 Å². The molecule has 0 fully saturated rings. The number of hydrogen-bond acceptors (Lipinski definition) is 3. The lowest BCUT2D eigenvalue weighted by molar-refractivity contribution is 0.415. The van der Waals surface area contributed by atoms with E-state index in [4.69, 9.17) is 4.74 Å². The first kappa shape index (κ1) is 20.4. The fourth-order valence-electron chi connectivity index (χ4n) is 4.33. The van der Waals surface area contributed by atoms with Gasteiger partial charge in [-0.1, -0.05) is 35.9 Å². The predicted octanol–water partition coefficient (Wildman–Crippen LogP) is 5.58. The van der Waals surface area contributed by atoms with Gasteiger partial charge in [0.15, 0.2) is 0 Å². The van der Waals surface area contributed by atoms with Crippen LogP contribution in [0.5, 0.6) is 5.75 Å². The van der Waals surface area contributed by atoms with E-state index in [-0.39, 0.29) is 4.90 Å². The van der Waals surface area contributed by atoms with Crippen molar-refractivity contribution in [3.8, 4) is 5.75 Å². The van der Waals surface area contributed by atoms with E-state index in [0.717, 1.165) is 44.4 Å². The van der Waals surface area contributed by atoms with Crippen molar-refractivity contribution in [3.05, 3.63) is 95.3 Å². The molecule has 0 radical (unpaired) electrons. The Hall–Kier alpha value is -3.51. The van der Waals surface area contributed by atoms with Crippen LogP contribution in [0.1, 0.15) is 22.4 Å². The van der Waals surface area contributed by atoms with Crippen LogP contribution >= 0.6 is 0 Å². The highest BCUT2D eigenvalue weighted by atomic mass is 32.2. The smallest absolute Gasteiger partial charge is 0.268 e. The molecule has 0 unspecified atom stereocenters. The highest BCUT2D eigenvalue weighted by Crippen LogP contribution is 2.33. The highest BCUT2D eigenvalue weighted by Gasteiger charge is 2.26. The molecule has 5 nitrogen and oxygen atoms in total. The second-order valence-electron chi connectivity index (χ2n) is 8.07. The quantitative estimate of drug-likeness (QED) is 0.385. The number of nitrogens with one attached hydrogen (secondary N) is 1. The van der Waals surface area contributed by atoms with Crippen LogP contribution in [-0.2, 0) is 16.4 Å². The predicted molar refractivity (Wildman–Crippen MR) is 128 cm³/mol. The number of aromatic nitrogens is 2. The first-order valence-corrected chi connectivity index (χ1v) is 11.9. The number of fused-ring (bicyclic) bond motifs is 2. The summed E-state index contributed by atoms with van der Waals surface area (Å²) < 4.78 is 34.6. The molecule has 5 aromatic rings. The van der Waals surface area contributed by atoms with Crippen LogP contribution in [0.4, 0.5) is 0 Å². The molecule has 2 aromatic heterocycles. The van der Waals surface area contributed by atoms with E-state index in [1.807, 2.05) is 74.6 Å². The van der Waals surface area contributed by atoms with Gasteiger partial charge >= 0.3 is 0 Å². The van der Waals surface area contributed by atoms with Gasteiger partial charge in [0, 0.05) is 34.6 Å². The molecule has 5 rings (SSSR count). The molecule has 0 aliphatic carbocycles. The lowest BCUT2D eigenvalue weighted by Crippen LogP contribution is -2.16. The van der Waals surface area contributed by atoms with E-state index in [2.05, 4.69) is 4.98 Å². The third-order valence-electron chi connectivity index (χ3n) is 6.10. The molecule has 0 spiro atoms. The molecule has 0 saturated heterocycles. The monoisotopic (exact) mass is 444 g/mol. The van der Waals surface area contributed by atoms with Gasteiger partial charge in [-0.05, 0) is 61.4 Å². The molecule has 0 aliphatic heterocycles. The summed E-state index contributed by atoms with van der Waals surface area (Å²) in [6.45, 7) is 3.94. The van der Waals surface area contributed by atoms with E-state index in [9.17, 15) is 8.42 Å². The maximum atomic E-state index is 13.8. The summed E-state index contributed by atoms with van der Waals surface area (Å²) in [5, 5.41) is 1.96. The number of nitrogens with zero attached hydrogens (tertiary/aromatic N) is 1. The standard InChI is InChI=1S/C26H24N2O3S/c1-17-8-11-21(12-9-17)32(29,30)28-25-7-5-4-6-22(25)18(2)26(28)14-19-16-27-24-13-10-20(31-3)15-23(19)24/h4-13,15-16,27H,14H2,1-3H3. The lowest BCUT2D eigenvalue weighted by Gasteiger charge is -2.13. The zero-order valence-corrected chi connectivity index (χ0v) is 19.0. The summed E-state index contributed by atoms with van der Waals surface area (Å²) in [5.74, 6) is 0.767. The second-order valence-corrected chi connectivity index (χ2v) is 9.86. The van der Waals surface area contributed by atoms with Crippen molar-refractivity contribution in [1.29, 1.82) is 0 Å². The Balaban J connectivity index is 1.74. The Morgan fingerprint density at radius 3 is 2.44 bits per heavy atom. The van der Waals surface area contributed by atoms with E-state index >= 15 is 0 Å². The molecule has 1 N–H and O–H groups in total. The number of para-hydroxylation sites is 1. The molecular weight excluding hydrogens is 420 g/mol. The number of hydrogen-bond donors (Lipinski definition) is 1. The summed E-state index contributed by atoms with van der Waals surface area (Å²) in [5.41, 5.74) is 5.44. The third-order valence-corrected chi connectivity index (χ3v) is 7.86. The molecule has 162 valence electrons. The van der Waals surface area contributed by atoms with Crippen molar-refractivity contribution in [1.82, 2.24) is 8.96 Å². The van der Waals surface area contributed by atoms with Gasteiger partial charge in [0.25, 0.3) is 10.0 Å². The number of aryl methyl sites for hydroxylation is 2. The molecule has 3 aromatic carbocycles. The zero-order chi connectivity index (χ0) is 22.5. The highest BCUT2D eigenvalue weighted by molar-refractivity contribution is 7.90. The third kappa shape index (κ3) is 3.19. The molecule has 0 bridgehead atoms. The minimum atomic E-state index is -3.78. The minimum Gasteiger partial charge on any atom is -0.497 e. The number of H-pyrrole nitrogens is 1. The molecule has 0 atom stereocenters. The first-order chi connectivity index (χ1) is 15.4. The number of ether oxygens (including phenoxy) is 1. The fraction of sp³-hybridized carbons (Fsp3) is 0.154. The average Bonchev–Trinajstić information content (AvgIpc) is 3.33. The minimum absolute atomic E-state index is 0.283. The normalized spacial score (nSPS) is 12.0. The molecule has 0 saturated carbocycles. The Morgan fingerprint density at radius 1 is 0.938 bits per heavy atom.